The van der Waals surface area contributed by atoms with Gasteiger partial charge in [-0.25, -0.2) is 12.8 Å². The Balaban J connectivity index is 2.08. The highest BCUT2D eigenvalue weighted by atomic mass is 32.2. The molecular weight excluding hydrogens is 517 g/mol. The molecule has 0 aromatic heterocycles. The number of rotatable bonds is 11. The van der Waals surface area contributed by atoms with Crippen molar-refractivity contribution in [2.75, 3.05) is 10.8 Å². The Labute approximate surface area is 230 Å². The van der Waals surface area contributed by atoms with Gasteiger partial charge < -0.3 is 10.2 Å². The number of benzene rings is 3. The van der Waals surface area contributed by atoms with Crippen LogP contribution in [-0.4, -0.2) is 43.8 Å². The second-order valence-corrected chi connectivity index (χ2v) is 11.7. The summed E-state index contributed by atoms with van der Waals surface area (Å²) >= 11 is 0. The van der Waals surface area contributed by atoms with Crippen LogP contribution < -0.4 is 9.62 Å². The van der Waals surface area contributed by atoms with Crippen LogP contribution in [0.15, 0.2) is 77.7 Å². The molecular formula is C30H36FN3O4S. The van der Waals surface area contributed by atoms with Gasteiger partial charge in [0, 0.05) is 12.6 Å². The van der Waals surface area contributed by atoms with Crippen molar-refractivity contribution in [1.29, 1.82) is 0 Å². The lowest BCUT2D eigenvalue weighted by atomic mass is 10.1. The predicted octanol–water partition coefficient (Wildman–Crippen LogP) is 4.97. The van der Waals surface area contributed by atoms with E-state index < -0.39 is 34.3 Å². The maximum absolute atomic E-state index is 15.0. The molecule has 0 heterocycles. The molecule has 0 bridgehead atoms. The molecule has 7 nitrogen and oxygen atoms in total. The minimum Gasteiger partial charge on any atom is -0.352 e. The molecule has 0 aliphatic carbocycles. The van der Waals surface area contributed by atoms with E-state index in [1.165, 1.54) is 35.2 Å². The summed E-state index contributed by atoms with van der Waals surface area (Å²) in [5.41, 5.74) is 2.38. The number of hydrogen-bond acceptors (Lipinski definition) is 4. The van der Waals surface area contributed by atoms with Crippen LogP contribution in [0.3, 0.4) is 0 Å². The number of nitrogens with zero attached hydrogens (tertiary/aromatic N) is 2. The fourth-order valence-corrected chi connectivity index (χ4v) is 5.73. The van der Waals surface area contributed by atoms with Crippen LogP contribution in [0.2, 0.25) is 0 Å². The first kappa shape index (κ1) is 29.8. The van der Waals surface area contributed by atoms with Crippen LogP contribution in [0.1, 0.15) is 43.9 Å². The van der Waals surface area contributed by atoms with Crippen molar-refractivity contribution in [3.05, 3.63) is 95.3 Å². The maximum Gasteiger partial charge on any atom is 0.264 e. The summed E-state index contributed by atoms with van der Waals surface area (Å²) in [6.07, 6.45) is 0.306. The molecule has 0 saturated carbocycles. The van der Waals surface area contributed by atoms with Gasteiger partial charge in [-0.1, -0.05) is 66.6 Å². The molecule has 0 aliphatic rings. The van der Waals surface area contributed by atoms with Gasteiger partial charge in [0.1, 0.15) is 18.4 Å². The highest BCUT2D eigenvalue weighted by molar-refractivity contribution is 7.92. The fourth-order valence-electron chi connectivity index (χ4n) is 4.31. The number of halogens is 1. The Hall–Kier alpha value is -3.72. The number of anilines is 1. The van der Waals surface area contributed by atoms with Crippen LogP contribution in [0.4, 0.5) is 10.1 Å². The number of aryl methyl sites for hydroxylation is 2. The summed E-state index contributed by atoms with van der Waals surface area (Å²) in [6, 6.07) is 18.1. The summed E-state index contributed by atoms with van der Waals surface area (Å²) in [4.78, 5) is 28.4. The SMILES string of the molecule is CCC(C(=O)NC(C)C)N(Cc1cccc(C)c1)C(=O)CN(c1ccccc1F)S(=O)(=O)c1ccc(C)cc1. The van der Waals surface area contributed by atoms with Gasteiger partial charge in [0.05, 0.1) is 10.6 Å². The number of carbonyl (C=O) groups excluding carboxylic acids is 2. The zero-order chi connectivity index (χ0) is 28.7. The molecule has 3 rings (SSSR count). The Kier molecular flexibility index (Phi) is 9.86. The summed E-state index contributed by atoms with van der Waals surface area (Å²) in [5, 5.41) is 2.86. The third-order valence-corrected chi connectivity index (χ3v) is 8.04. The van der Waals surface area contributed by atoms with Crippen molar-refractivity contribution < 1.29 is 22.4 Å². The fraction of sp³-hybridized carbons (Fsp3) is 0.333. The Bertz CT molecular complexity index is 1410. The predicted molar refractivity (Wildman–Crippen MR) is 151 cm³/mol. The molecule has 1 N–H and O–H groups in total. The Morgan fingerprint density at radius 1 is 0.923 bits per heavy atom. The standard InChI is InChI=1S/C30H36FN3O4S/c1-6-27(30(36)32-21(2)3)33(19-24-11-9-10-23(5)18-24)29(35)20-34(28-13-8-7-12-26(28)31)39(37,38)25-16-14-22(4)15-17-25/h7-18,21,27H,6,19-20H2,1-5H3,(H,32,36). The van der Waals surface area contributed by atoms with Gasteiger partial charge in [-0.2, -0.15) is 0 Å². The number of nitrogens with one attached hydrogen (secondary N) is 1. The van der Waals surface area contributed by atoms with E-state index in [2.05, 4.69) is 5.32 Å². The molecule has 2 amide bonds. The molecule has 9 heteroatoms. The Morgan fingerprint density at radius 3 is 2.18 bits per heavy atom. The summed E-state index contributed by atoms with van der Waals surface area (Å²) in [5.74, 6) is -1.75. The summed E-state index contributed by atoms with van der Waals surface area (Å²) < 4.78 is 43.3. The van der Waals surface area contributed by atoms with E-state index in [-0.39, 0.29) is 29.1 Å². The molecule has 3 aromatic rings. The van der Waals surface area contributed by atoms with E-state index >= 15 is 0 Å². The van der Waals surface area contributed by atoms with Crippen LogP contribution in [0.25, 0.3) is 0 Å². The minimum absolute atomic E-state index is 0.0704. The lowest BCUT2D eigenvalue weighted by Crippen LogP contribution is -2.53. The molecule has 1 unspecified atom stereocenters. The summed E-state index contributed by atoms with van der Waals surface area (Å²) in [6.45, 7) is 8.58. The third-order valence-electron chi connectivity index (χ3n) is 6.26. The lowest BCUT2D eigenvalue weighted by Gasteiger charge is -2.33. The zero-order valence-electron chi connectivity index (χ0n) is 23.0. The van der Waals surface area contributed by atoms with Crippen LogP contribution >= 0.6 is 0 Å². The molecule has 0 aliphatic heterocycles. The number of amides is 2. The van der Waals surface area contributed by atoms with Crippen molar-refractivity contribution in [2.45, 2.75) is 64.6 Å². The number of para-hydroxylation sites is 1. The van der Waals surface area contributed by atoms with Crippen LogP contribution in [0, 0.1) is 19.7 Å². The van der Waals surface area contributed by atoms with Gasteiger partial charge in [0.15, 0.2) is 0 Å². The highest BCUT2D eigenvalue weighted by Gasteiger charge is 2.34. The van der Waals surface area contributed by atoms with Gasteiger partial charge in [-0.15, -0.1) is 0 Å². The van der Waals surface area contributed by atoms with E-state index in [1.54, 1.807) is 19.1 Å². The number of carbonyl (C=O) groups is 2. The van der Waals surface area contributed by atoms with Crippen LogP contribution in [-0.2, 0) is 26.2 Å². The largest absolute Gasteiger partial charge is 0.352 e. The molecule has 0 saturated heterocycles. The molecule has 0 fully saturated rings. The van der Waals surface area contributed by atoms with Crippen molar-refractivity contribution >= 4 is 27.5 Å². The van der Waals surface area contributed by atoms with Crippen molar-refractivity contribution in [1.82, 2.24) is 10.2 Å². The van der Waals surface area contributed by atoms with E-state index in [0.29, 0.717) is 6.42 Å². The van der Waals surface area contributed by atoms with Crippen molar-refractivity contribution in [3.8, 4) is 0 Å². The van der Waals surface area contributed by atoms with E-state index in [4.69, 9.17) is 0 Å². The molecule has 0 spiro atoms. The third kappa shape index (κ3) is 7.44. The normalized spacial score (nSPS) is 12.2. The average Bonchev–Trinajstić information content (AvgIpc) is 2.87. The minimum atomic E-state index is -4.33. The Morgan fingerprint density at radius 2 is 1.59 bits per heavy atom. The smallest absolute Gasteiger partial charge is 0.264 e. The molecule has 3 aromatic carbocycles. The van der Waals surface area contributed by atoms with E-state index in [1.807, 2.05) is 52.0 Å². The van der Waals surface area contributed by atoms with Crippen molar-refractivity contribution in [3.63, 3.8) is 0 Å². The quantitative estimate of drug-likeness (QED) is 0.363. The molecule has 39 heavy (non-hydrogen) atoms. The highest BCUT2D eigenvalue weighted by Crippen LogP contribution is 2.27. The topological polar surface area (TPSA) is 86.8 Å². The number of hydrogen-bond donors (Lipinski definition) is 1. The van der Waals surface area contributed by atoms with Crippen molar-refractivity contribution in [2.24, 2.45) is 0 Å². The van der Waals surface area contributed by atoms with Gasteiger partial charge >= 0.3 is 0 Å². The monoisotopic (exact) mass is 553 g/mol. The molecule has 0 radical (unpaired) electrons. The first-order valence-electron chi connectivity index (χ1n) is 12.9. The van der Waals surface area contributed by atoms with E-state index in [9.17, 15) is 22.4 Å². The first-order valence-corrected chi connectivity index (χ1v) is 14.4. The zero-order valence-corrected chi connectivity index (χ0v) is 23.8. The van der Waals surface area contributed by atoms with Gasteiger partial charge in [0.25, 0.3) is 10.0 Å². The molecule has 208 valence electrons. The molecule has 1 atom stereocenters. The second-order valence-electron chi connectivity index (χ2n) is 9.87. The van der Waals surface area contributed by atoms with Gasteiger partial charge in [-0.3, -0.25) is 13.9 Å². The second kappa shape index (κ2) is 12.9. The number of sulfonamides is 1. The lowest BCUT2D eigenvalue weighted by molar-refractivity contribution is -0.140. The van der Waals surface area contributed by atoms with Crippen LogP contribution in [0.5, 0.6) is 0 Å². The van der Waals surface area contributed by atoms with Gasteiger partial charge in [-0.05, 0) is 63.9 Å². The summed E-state index contributed by atoms with van der Waals surface area (Å²) in [7, 11) is -4.33. The first-order chi connectivity index (χ1) is 18.4. The van der Waals surface area contributed by atoms with E-state index in [0.717, 1.165) is 27.1 Å². The average molecular weight is 554 g/mol. The van der Waals surface area contributed by atoms with Gasteiger partial charge in [0.2, 0.25) is 11.8 Å². The maximum atomic E-state index is 15.0.